The Bertz CT molecular complexity index is 603. The summed E-state index contributed by atoms with van der Waals surface area (Å²) >= 11 is 0. The van der Waals surface area contributed by atoms with E-state index in [1.165, 1.54) is 6.07 Å². The lowest BCUT2D eigenvalue weighted by atomic mass is 9.93. The highest BCUT2D eigenvalue weighted by Gasteiger charge is 2.18. The molecule has 0 radical (unpaired) electrons. The lowest BCUT2D eigenvalue weighted by Gasteiger charge is -2.15. The van der Waals surface area contributed by atoms with Gasteiger partial charge in [-0.1, -0.05) is 32.0 Å². The number of rotatable bonds is 3. The van der Waals surface area contributed by atoms with Crippen LogP contribution in [0.3, 0.4) is 0 Å². The van der Waals surface area contributed by atoms with E-state index < -0.39 is 0 Å². The summed E-state index contributed by atoms with van der Waals surface area (Å²) in [5.41, 5.74) is 2.48. The predicted molar refractivity (Wildman–Crippen MR) is 75.6 cm³/mol. The van der Waals surface area contributed by atoms with Crippen molar-refractivity contribution in [2.75, 3.05) is 0 Å². The van der Waals surface area contributed by atoms with Crippen molar-refractivity contribution in [3.63, 3.8) is 0 Å². The lowest BCUT2D eigenvalue weighted by Crippen LogP contribution is -1.95. The van der Waals surface area contributed by atoms with Gasteiger partial charge in [0.2, 0.25) is 0 Å². The Morgan fingerprint density at radius 1 is 0.895 bits per heavy atom. The van der Waals surface area contributed by atoms with Gasteiger partial charge >= 0.3 is 0 Å². The van der Waals surface area contributed by atoms with Crippen molar-refractivity contribution in [2.24, 2.45) is 0 Å². The molecule has 0 aromatic heterocycles. The Kier molecular flexibility index (Phi) is 3.65. The standard InChI is InChI=1S/C16H18O3/c1-3-10-9-14(18)15(16(19)11(10)4-2)12-7-5-6-8-13(12)17/h5-9,17-19H,3-4H2,1-2H3. The maximum absolute atomic E-state index is 10.4. The first-order valence-electron chi connectivity index (χ1n) is 6.45. The molecule has 0 saturated heterocycles. The number of aryl methyl sites for hydroxylation is 1. The van der Waals surface area contributed by atoms with E-state index in [-0.39, 0.29) is 17.2 Å². The van der Waals surface area contributed by atoms with Crippen LogP contribution in [0.4, 0.5) is 0 Å². The summed E-state index contributed by atoms with van der Waals surface area (Å²) < 4.78 is 0. The van der Waals surface area contributed by atoms with Crippen LogP contribution in [-0.4, -0.2) is 15.3 Å². The number of para-hydroxylation sites is 1. The van der Waals surface area contributed by atoms with Gasteiger partial charge in [0.25, 0.3) is 0 Å². The molecule has 0 bridgehead atoms. The first-order valence-corrected chi connectivity index (χ1v) is 6.45. The maximum Gasteiger partial charge on any atom is 0.130 e. The Labute approximate surface area is 112 Å². The van der Waals surface area contributed by atoms with E-state index in [0.29, 0.717) is 17.5 Å². The summed E-state index contributed by atoms with van der Waals surface area (Å²) in [6, 6.07) is 8.34. The summed E-state index contributed by atoms with van der Waals surface area (Å²) in [5.74, 6) is 0.0910. The molecule has 2 aromatic rings. The molecular weight excluding hydrogens is 240 g/mol. The quantitative estimate of drug-likeness (QED) is 0.788. The topological polar surface area (TPSA) is 60.7 Å². The summed E-state index contributed by atoms with van der Waals surface area (Å²) in [7, 11) is 0. The Balaban J connectivity index is 2.75. The number of hydrogen-bond donors (Lipinski definition) is 3. The highest BCUT2D eigenvalue weighted by molar-refractivity contribution is 5.82. The molecule has 0 heterocycles. The fraction of sp³-hybridized carbons (Fsp3) is 0.250. The van der Waals surface area contributed by atoms with Crippen LogP contribution in [0.25, 0.3) is 11.1 Å². The van der Waals surface area contributed by atoms with Gasteiger partial charge in [0, 0.05) is 5.56 Å². The molecule has 2 rings (SSSR count). The summed E-state index contributed by atoms with van der Waals surface area (Å²) in [4.78, 5) is 0. The summed E-state index contributed by atoms with van der Waals surface area (Å²) in [6.45, 7) is 3.94. The molecular formula is C16H18O3. The van der Waals surface area contributed by atoms with Crippen LogP contribution in [-0.2, 0) is 12.8 Å². The van der Waals surface area contributed by atoms with Crippen molar-refractivity contribution in [2.45, 2.75) is 26.7 Å². The minimum atomic E-state index is -0.00644. The van der Waals surface area contributed by atoms with Gasteiger partial charge in [-0.15, -0.1) is 0 Å². The third-order valence-corrected chi connectivity index (χ3v) is 3.39. The average Bonchev–Trinajstić information content (AvgIpc) is 2.40. The minimum Gasteiger partial charge on any atom is -0.507 e. The molecule has 2 aromatic carbocycles. The zero-order chi connectivity index (χ0) is 14.0. The fourth-order valence-electron chi connectivity index (χ4n) is 2.41. The normalized spacial score (nSPS) is 10.6. The predicted octanol–water partition coefficient (Wildman–Crippen LogP) is 3.60. The second-order valence-electron chi connectivity index (χ2n) is 4.48. The molecule has 0 amide bonds. The van der Waals surface area contributed by atoms with Crippen LogP contribution >= 0.6 is 0 Å². The number of phenolic OH excluding ortho intramolecular Hbond substituents is 3. The molecule has 3 heteroatoms. The molecule has 0 unspecified atom stereocenters. The molecule has 0 aliphatic heterocycles. The number of phenols is 3. The van der Waals surface area contributed by atoms with E-state index in [0.717, 1.165) is 17.5 Å². The van der Waals surface area contributed by atoms with Gasteiger partial charge in [0.15, 0.2) is 0 Å². The third kappa shape index (κ3) is 2.24. The van der Waals surface area contributed by atoms with E-state index >= 15 is 0 Å². The van der Waals surface area contributed by atoms with E-state index in [1.807, 2.05) is 13.8 Å². The van der Waals surface area contributed by atoms with Crippen LogP contribution < -0.4 is 0 Å². The Morgan fingerprint density at radius 2 is 1.58 bits per heavy atom. The fourth-order valence-corrected chi connectivity index (χ4v) is 2.41. The molecule has 3 N–H and O–H groups in total. The van der Waals surface area contributed by atoms with Gasteiger partial charge in [-0.25, -0.2) is 0 Å². The van der Waals surface area contributed by atoms with Gasteiger partial charge in [-0.05, 0) is 36.1 Å². The minimum absolute atomic E-state index is 0.00644. The van der Waals surface area contributed by atoms with Gasteiger partial charge in [0.05, 0.1) is 5.56 Å². The first kappa shape index (κ1) is 13.3. The van der Waals surface area contributed by atoms with Gasteiger partial charge < -0.3 is 15.3 Å². The monoisotopic (exact) mass is 258 g/mol. The number of benzene rings is 2. The van der Waals surface area contributed by atoms with Crippen molar-refractivity contribution in [3.05, 3.63) is 41.5 Å². The smallest absolute Gasteiger partial charge is 0.130 e. The molecule has 0 aliphatic carbocycles. The summed E-state index contributed by atoms with van der Waals surface area (Å²) in [6.07, 6.45) is 1.42. The SMILES string of the molecule is CCc1cc(O)c(-c2ccccc2O)c(O)c1CC. The van der Waals surface area contributed by atoms with Crippen LogP contribution in [0.1, 0.15) is 25.0 Å². The highest BCUT2D eigenvalue weighted by atomic mass is 16.3. The van der Waals surface area contributed by atoms with Gasteiger partial charge in [-0.3, -0.25) is 0 Å². The molecule has 0 atom stereocenters. The van der Waals surface area contributed by atoms with Gasteiger partial charge in [0.1, 0.15) is 17.2 Å². The van der Waals surface area contributed by atoms with Crippen LogP contribution in [0.2, 0.25) is 0 Å². The number of hydrogen-bond acceptors (Lipinski definition) is 3. The van der Waals surface area contributed by atoms with E-state index in [2.05, 4.69) is 0 Å². The van der Waals surface area contributed by atoms with Crippen LogP contribution in [0.15, 0.2) is 30.3 Å². The zero-order valence-corrected chi connectivity index (χ0v) is 11.1. The maximum atomic E-state index is 10.4. The lowest BCUT2D eigenvalue weighted by molar-refractivity contribution is 0.445. The highest BCUT2D eigenvalue weighted by Crippen LogP contribution is 2.44. The van der Waals surface area contributed by atoms with Crippen molar-refractivity contribution >= 4 is 0 Å². The second-order valence-corrected chi connectivity index (χ2v) is 4.48. The van der Waals surface area contributed by atoms with Crippen molar-refractivity contribution < 1.29 is 15.3 Å². The van der Waals surface area contributed by atoms with Gasteiger partial charge in [-0.2, -0.15) is 0 Å². The van der Waals surface area contributed by atoms with Crippen molar-refractivity contribution in [1.29, 1.82) is 0 Å². The zero-order valence-electron chi connectivity index (χ0n) is 11.1. The molecule has 0 spiro atoms. The molecule has 0 saturated carbocycles. The first-order chi connectivity index (χ1) is 9.10. The Hall–Kier alpha value is -2.16. The van der Waals surface area contributed by atoms with Crippen molar-refractivity contribution in [1.82, 2.24) is 0 Å². The largest absolute Gasteiger partial charge is 0.507 e. The molecule has 100 valence electrons. The second kappa shape index (κ2) is 5.22. The van der Waals surface area contributed by atoms with E-state index in [9.17, 15) is 15.3 Å². The van der Waals surface area contributed by atoms with Crippen LogP contribution in [0.5, 0.6) is 17.2 Å². The average molecular weight is 258 g/mol. The third-order valence-electron chi connectivity index (χ3n) is 3.39. The number of aromatic hydroxyl groups is 3. The molecule has 0 aliphatic rings. The molecule has 19 heavy (non-hydrogen) atoms. The Morgan fingerprint density at radius 3 is 2.16 bits per heavy atom. The van der Waals surface area contributed by atoms with E-state index in [4.69, 9.17) is 0 Å². The molecule has 3 nitrogen and oxygen atoms in total. The van der Waals surface area contributed by atoms with E-state index in [1.54, 1.807) is 24.3 Å². The van der Waals surface area contributed by atoms with Crippen LogP contribution in [0, 0.1) is 0 Å². The summed E-state index contributed by atoms with van der Waals surface area (Å²) in [5, 5.41) is 30.4. The molecule has 0 fully saturated rings. The van der Waals surface area contributed by atoms with Crippen molar-refractivity contribution in [3.8, 4) is 28.4 Å².